The zero-order chi connectivity index (χ0) is 13.8. The highest BCUT2D eigenvalue weighted by Gasteiger charge is 2.22. The van der Waals surface area contributed by atoms with Crippen molar-refractivity contribution in [2.24, 2.45) is 0 Å². The predicted molar refractivity (Wildman–Crippen MR) is 70.1 cm³/mol. The Kier molecular flexibility index (Phi) is 3.79. The molecule has 8 nitrogen and oxygen atoms in total. The Bertz CT molecular complexity index is 505. The van der Waals surface area contributed by atoms with Crippen LogP contribution in [0.5, 0.6) is 0 Å². The van der Waals surface area contributed by atoms with E-state index in [2.05, 4.69) is 20.9 Å². The highest BCUT2D eigenvalue weighted by molar-refractivity contribution is 5.78. The number of carbonyl (C=O) groups is 1. The molecule has 1 aromatic heterocycles. The zero-order valence-electron chi connectivity index (χ0n) is 10.5. The van der Waals surface area contributed by atoms with Gasteiger partial charge in [-0.25, -0.2) is 4.98 Å². The monoisotopic (exact) mass is 265 g/mol. The van der Waals surface area contributed by atoms with Crippen molar-refractivity contribution in [2.75, 3.05) is 24.2 Å². The van der Waals surface area contributed by atoms with Crippen molar-refractivity contribution < 1.29 is 9.72 Å². The molecular weight excluding hydrogens is 250 g/mol. The number of nitrogens with one attached hydrogen (secondary N) is 3. The smallest absolute Gasteiger partial charge is 0.311 e. The maximum Gasteiger partial charge on any atom is 0.311 e. The third kappa shape index (κ3) is 3.09. The molecule has 1 fully saturated rings. The number of hydrogen-bond donors (Lipinski definition) is 3. The first-order valence-electron chi connectivity index (χ1n) is 5.96. The van der Waals surface area contributed by atoms with E-state index >= 15 is 0 Å². The molecule has 1 aromatic rings. The van der Waals surface area contributed by atoms with Gasteiger partial charge in [0.05, 0.1) is 4.92 Å². The summed E-state index contributed by atoms with van der Waals surface area (Å²) >= 11 is 0. The number of rotatable bonds is 5. The maximum atomic E-state index is 11.1. The van der Waals surface area contributed by atoms with Crippen LogP contribution in [0.25, 0.3) is 0 Å². The van der Waals surface area contributed by atoms with E-state index in [1.165, 1.54) is 6.07 Å². The van der Waals surface area contributed by atoms with Crippen LogP contribution < -0.4 is 16.0 Å². The average molecular weight is 265 g/mol. The lowest BCUT2D eigenvalue weighted by Gasteiger charge is -2.12. The van der Waals surface area contributed by atoms with Crippen molar-refractivity contribution in [1.29, 1.82) is 0 Å². The van der Waals surface area contributed by atoms with Gasteiger partial charge in [0, 0.05) is 32.1 Å². The van der Waals surface area contributed by atoms with E-state index < -0.39 is 4.92 Å². The van der Waals surface area contributed by atoms with E-state index in [0.29, 0.717) is 18.8 Å². The predicted octanol–water partition coefficient (Wildman–Crippen LogP) is 0.722. The van der Waals surface area contributed by atoms with Gasteiger partial charge in [0.2, 0.25) is 11.7 Å². The van der Waals surface area contributed by atoms with Crippen LogP contribution >= 0.6 is 0 Å². The molecule has 0 saturated carbocycles. The molecule has 2 heterocycles. The molecule has 3 N–H and O–H groups in total. The number of aromatic nitrogens is 1. The second kappa shape index (κ2) is 5.51. The van der Waals surface area contributed by atoms with Gasteiger partial charge in [-0.2, -0.15) is 0 Å². The molecule has 8 heteroatoms. The molecule has 0 aliphatic carbocycles. The van der Waals surface area contributed by atoms with Crippen LogP contribution in [0.2, 0.25) is 0 Å². The number of carbonyl (C=O) groups excluding carboxylic acids is 1. The molecule has 1 unspecified atom stereocenters. The fourth-order valence-electron chi connectivity index (χ4n) is 1.92. The molecule has 102 valence electrons. The van der Waals surface area contributed by atoms with Gasteiger partial charge < -0.3 is 16.0 Å². The average Bonchev–Trinajstić information content (AvgIpc) is 2.81. The van der Waals surface area contributed by atoms with Crippen LogP contribution in [0.3, 0.4) is 0 Å². The summed E-state index contributed by atoms with van der Waals surface area (Å²) in [6, 6.07) is 2.93. The molecule has 0 bridgehead atoms. The Morgan fingerprint density at radius 2 is 2.37 bits per heavy atom. The molecule has 1 atom stereocenters. The molecule has 2 rings (SSSR count). The molecule has 0 spiro atoms. The molecule has 0 radical (unpaired) electrons. The highest BCUT2D eigenvalue weighted by atomic mass is 16.6. The summed E-state index contributed by atoms with van der Waals surface area (Å²) in [7, 11) is 1.69. The molecule has 1 aliphatic rings. The van der Waals surface area contributed by atoms with Crippen molar-refractivity contribution in [2.45, 2.75) is 18.9 Å². The number of hydrogen-bond acceptors (Lipinski definition) is 6. The van der Waals surface area contributed by atoms with Crippen LogP contribution in [0, 0.1) is 10.1 Å². The number of nitro groups is 1. The topological polar surface area (TPSA) is 109 Å². The van der Waals surface area contributed by atoms with Gasteiger partial charge in [-0.1, -0.05) is 0 Å². The number of pyridine rings is 1. The summed E-state index contributed by atoms with van der Waals surface area (Å²) in [4.78, 5) is 25.6. The molecule has 19 heavy (non-hydrogen) atoms. The van der Waals surface area contributed by atoms with Crippen LogP contribution in [-0.2, 0) is 4.79 Å². The Labute approximate surface area is 109 Å². The summed E-state index contributed by atoms with van der Waals surface area (Å²) in [5, 5.41) is 19.4. The van der Waals surface area contributed by atoms with Crippen molar-refractivity contribution >= 4 is 23.2 Å². The van der Waals surface area contributed by atoms with Crippen molar-refractivity contribution in [3.63, 3.8) is 0 Å². The van der Waals surface area contributed by atoms with E-state index in [-0.39, 0.29) is 23.5 Å². The van der Waals surface area contributed by atoms with Crippen molar-refractivity contribution in [1.82, 2.24) is 10.3 Å². The standard InChI is InChI=1S/C11H15N5O3/c1-12-9-4-3-8(16(18)19)11(15-9)13-6-7-2-5-10(17)14-7/h3-4,7H,2,5-6H2,1H3,(H,14,17)(H2,12,13,15). The fraction of sp³-hybridized carbons (Fsp3) is 0.455. The largest absolute Gasteiger partial charge is 0.373 e. The minimum absolute atomic E-state index is 0.00727. The Morgan fingerprint density at radius 1 is 1.58 bits per heavy atom. The van der Waals surface area contributed by atoms with Crippen molar-refractivity contribution in [3.05, 3.63) is 22.2 Å². The van der Waals surface area contributed by atoms with Gasteiger partial charge in [0.1, 0.15) is 5.82 Å². The summed E-state index contributed by atoms with van der Waals surface area (Å²) in [6.07, 6.45) is 1.23. The van der Waals surface area contributed by atoms with Gasteiger partial charge in [0.15, 0.2) is 0 Å². The van der Waals surface area contributed by atoms with E-state index in [0.717, 1.165) is 6.42 Å². The SMILES string of the molecule is CNc1ccc([N+](=O)[O-])c(NCC2CCC(=O)N2)n1. The molecule has 0 aromatic carbocycles. The van der Waals surface area contributed by atoms with Crippen LogP contribution in [0.15, 0.2) is 12.1 Å². The van der Waals surface area contributed by atoms with Gasteiger partial charge in [-0.05, 0) is 12.5 Å². The Morgan fingerprint density at radius 3 is 2.95 bits per heavy atom. The summed E-state index contributed by atoms with van der Waals surface area (Å²) in [5.74, 6) is 0.764. The number of amides is 1. The van der Waals surface area contributed by atoms with Gasteiger partial charge in [0.25, 0.3) is 0 Å². The first-order valence-corrected chi connectivity index (χ1v) is 5.96. The Balaban J connectivity index is 2.08. The van der Waals surface area contributed by atoms with E-state index in [1.807, 2.05) is 0 Å². The molecule has 1 amide bonds. The third-order valence-electron chi connectivity index (χ3n) is 2.93. The quantitative estimate of drug-likeness (QED) is 0.534. The Hall–Kier alpha value is -2.38. The van der Waals surface area contributed by atoms with E-state index in [1.54, 1.807) is 13.1 Å². The minimum Gasteiger partial charge on any atom is -0.373 e. The van der Waals surface area contributed by atoms with E-state index in [4.69, 9.17) is 0 Å². The summed E-state index contributed by atoms with van der Waals surface area (Å²) in [6.45, 7) is 0.423. The lowest BCUT2D eigenvalue weighted by molar-refractivity contribution is -0.384. The fourth-order valence-corrected chi connectivity index (χ4v) is 1.92. The van der Waals surface area contributed by atoms with E-state index in [9.17, 15) is 14.9 Å². The highest BCUT2D eigenvalue weighted by Crippen LogP contribution is 2.24. The van der Waals surface area contributed by atoms with Gasteiger partial charge in [-0.15, -0.1) is 0 Å². The zero-order valence-corrected chi connectivity index (χ0v) is 10.5. The minimum atomic E-state index is -0.484. The third-order valence-corrected chi connectivity index (χ3v) is 2.93. The van der Waals surface area contributed by atoms with Gasteiger partial charge in [-0.3, -0.25) is 14.9 Å². The maximum absolute atomic E-state index is 11.1. The van der Waals surface area contributed by atoms with Gasteiger partial charge >= 0.3 is 5.69 Å². The van der Waals surface area contributed by atoms with Crippen LogP contribution in [-0.4, -0.2) is 35.4 Å². The van der Waals surface area contributed by atoms with Crippen molar-refractivity contribution in [3.8, 4) is 0 Å². The molecular formula is C11H15N5O3. The van der Waals surface area contributed by atoms with Crippen LogP contribution in [0.4, 0.5) is 17.3 Å². The first-order chi connectivity index (χ1) is 9.10. The second-order valence-corrected chi connectivity index (χ2v) is 4.26. The first kappa shape index (κ1) is 13.1. The summed E-state index contributed by atoms with van der Waals surface area (Å²) in [5.41, 5.74) is -0.0803. The number of nitrogens with zero attached hydrogens (tertiary/aromatic N) is 2. The second-order valence-electron chi connectivity index (χ2n) is 4.26. The summed E-state index contributed by atoms with van der Waals surface area (Å²) < 4.78 is 0. The molecule has 1 aliphatic heterocycles. The normalized spacial score (nSPS) is 17.9. The van der Waals surface area contributed by atoms with Crippen LogP contribution in [0.1, 0.15) is 12.8 Å². The lowest BCUT2D eigenvalue weighted by atomic mass is 10.2. The lowest BCUT2D eigenvalue weighted by Crippen LogP contribution is -2.32. The number of anilines is 2. The molecule has 1 saturated heterocycles.